The molecule has 4 nitrogen and oxygen atoms in total. The van der Waals surface area contributed by atoms with Gasteiger partial charge < -0.3 is 14.4 Å². The van der Waals surface area contributed by atoms with Gasteiger partial charge in [0.15, 0.2) is 0 Å². The van der Waals surface area contributed by atoms with Crippen molar-refractivity contribution in [3.63, 3.8) is 0 Å². The SMILES string of the molecule is COc1ccc(C(=O)N(C)CCOc2cccc(Cl)c2)c2ccccc12. The Labute approximate surface area is 157 Å². The molecule has 3 aromatic carbocycles. The van der Waals surface area contributed by atoms with Crippen LogP contribution in [-0.4, -0.2) is 38.1 Å². The van der Waals surface area contributed by atoms with Crippen molar-refractivity contribution >= 4 is 28.3 Å². The van der Waals surface area contributed by atoms with Crippen LogP contribution in [0, 0.1) is 0 Å². The number of likely N-dealkylation sites (N-methyl/N-ethyl adjacent to an activating group) is 1. The average Bonchev–Trinajstić information content (AvgIpc) is 2.66. The highest BCUT2D eigenvalue weighted by Crippen LogP contribution is 2.29. The van der Waals surface area contributed by atoms with Crippen molar-refractivity contribution in [2.45, 2.75) is 0 Å². The number of carbonyl (C=O) groups is 1. The van der Waals surface area contributed by atoms with Crippen LogP contribution in [0.25, 0.3) is 10.8 Å². The first-order valence-electron chi connectivity index (χ1n) is 8.29. The first kappa shape index (κ1) is 18.1. The number of rotatable bonds is 6. The second-order valence-electron chi connectivity index (χ2n) is 5.89. The number of halogens is 1. The first-order chi connectivity index (χ1) is 12.6. The van der Waals surface area contributed by atoms with Crippen molar-refractivity contribution in [1.29, 1.82) is 0 Å². The number of nitrogens with zero attached hydrogens (tertiary/aromatic N) is 1. The largest absolute Gasteiger partial charge is 0.496 e. The van der Waals surface area contributed by atoms with Gasteiger partial charge in [-0.15, -0.1) is 0 Å². The van der Waals surface area contributed by atoms with Gasteiger partial charge in [0.1, 0.15) is 18.1 Å². The van der Waals surface area contributed by atoms with E-state index in [1.165, 1.54) is 0 Å². The summed E-state index contributed by atoms with van der Waals surface area (Å²) in [6.45, 7) is 0.850. The van der Waals surface area contributed by atoms with Gasteiger partial charge in [-0.2, -0.15) is 0 Å². The lowest BCUT2D eigenvalue weighted by atomic mass is 10.0. The number of ether oxygens (including phenoxy) is 2. The van der Waals surface area contributed by atoms with Crippen LogP contribution in [0.2, 0.25) is 5.02 Å². The molecular weight excluding hydrogens is 350 g/mol. The zero-order valence-electron chi connectivity index (χ0n) is 14.7. The third-order valence-electron chi connectivity index (χ3n) is 4.17. The number of methoxy groups -OCH3 is 1. The minimum atomic E-state index is -0.0569. The molecule has 5 heteroatoms. The highest BCUT2D eigenvalue weighted by atomic mass is 35.5. The van der Waals surface area contributed by atoms with Gasteiger partial charge in [-0.1, -0.05) is 41.9 Å². The average molecular weight is 370 g/mol. The maximum absolute atomic E-state index is 12.9. The van der Waals surface area contributed by atoms with Crippen LogP contribution < -0.4 is 9.47 Å². The monoisotopic (exact) mass is 369 g/mol. The number of benzene rings is 3. The number of hydrogen-bond donors (Lipinski definition) is 0. The second kappa shape index (κ2) is 8.11. The molecule has 0 aliphatic heterocycles. The lowest BCUT2D eigenvalue weighted by Crippen LogP contribution is -2.31. The number of carbonyl (C=O) groups excluding carboxylic acids is 1. The Morgan fingerprint density at radius 3 is 2.54 bits per heavy atom. The summed E-state index contributed by atoms with van der Waals surface area (Å²) in [4.78, 5) is 14.5. The summed E-state index contributed by atoms with van der Waals surface area (Å²) in [6, 6.07) is 18.6. The molecule has 0 fully saturated rings. The predicted molar refractivity (Wildman–Crippen MR) is 104 cm³/mol. The van der Waals surface area contributed by atoms with Gasteiger partial charge in [0.05, 0.1) is 13.7 Å². The maximum Gasteiger partial charge on any atom is 0.254 e. The Balaban J connectivity index is 1.71. The summed E-state index contributed by atoms with van der Waals surface area (Å²) >= 11 is 5.94. The molecule has 0 aliphatic carbocycles. The van der Waals surface area contributed by atoms with E-state index in [2.05, 4.69) is 0 Å². The maximum atomic E-state index is 12.9. The van der Waals surface area contributed by atoms with E-state index < -0.39 is 0 Å². The van der Waals surface area contributed by atoms with E-state index in [0.717, 1.165) is 16.5 Å². The van der Waals surface area contributed by atoms with E-state index in [0.29, 0.717) is 29.5 Å². The van der Waals surface area contributed by atoms with Crippen molar-refractivity contribution in [3.8, 4) is 11.5 Å². The Hall–Kier alpha value is -2.72. The van der Waals surface area contributed by atoms with Crippen LogP contribution in [0.1, 0.15) is 10.4 Å². The van der Waals surface area contributed by atoms with Crippen molar-refractivity contribution < 1.29 is 14.3 Å². The molecule has 0 spiro atoms. The first-order valence-corrected chi connectivity index (χ1v) is 8.67. The summed E-state index contributed by atoms with van der Waals surface area (Å²) in [6.07, 6.45) is 0. The van der Waals surface area contributed by atoms with Crippen LogP contribution in [-0.2, 0) is 0 Å². The van der Waals surface area contributed by atoms with Gasteiger partial charge in [0.2, 0.25) is 0 Å². The lowest BCUT2D eigenvalue weighted by Gasteiger charge is -2.19. The molecule has 3 aromatic rings. The van der Waals surface area contributed by atoms with Crippen LogP contribution in [0.4, 0.5) is 0 Å². The Kier molecular flexibility index (Phi) is 5.64. The summed E-state index contributed by atoms with van der Waals surface area (Å²) in [5, 5.41) is 2.42. The summed E-state index contributed by atoms with van der Waals surface area (Å²) < 4.78 is 11.1. The third-order valence-corrected chi connectivity index (χ3v) is 4.41. The van der Waals surface area contributed by atoms with Crippen LogP contribution in [0.15, 0.2) is 60.7 Å². The zero-order chi connectivity index (χ0) is 18.5. The highest BCUT2D eigenvalue weighted by Gasteiger charge is 2.16. The molecule has 0 atom stereocenters. The molecule has 0 unspecified atom stereocenters. The Bertz CT molecular complexity index is 926. The molecule has 3 rings (SSSR count). The smallest absolute Gasteiger partial charge is 0.254 e. The van der Waals surface area contributed by atoms with Crippen LogP contribution in [0.5, 0.6) is 11.5 Å². The third kappa shape index (κ3) is 3.92. The van der Waals surface area contributed by atoms with Crippen LogP contribution in [0.3, 0.4) is 0 Å². The summed E-state index contributed by atoms with van der Waals surface area (Å²) in [7, 11) is 3.39. The van der Waals surface area contributed by atoms with E-state index in [9.17, 15) is 4.79 Å². The zero-order valence-corrected chi connectivity index (χ0v) is 15.5. The fourth-order valence-electron chi connectivity index (χ4n) is 2.80. The standard InChI is InChI=1S/C21H20ClNO3/c1-23(12-13-26-16-7-5-6-15(22)14-16)21(24)19-10-11-20(25-2)18-9-4-3-8-17(18)19/h3-11,14H,12-13H2,1-2H3. The highest BCUT2D eigenvalue weighted by molar-refractivity contribution is 6.30. The Morgan fingerprint density at radius 2 is 1.81 bits per heavy atom. The van der Waals surface area contributed by atoms with E-state index in [1.54, 1.807) is 37.3 Å². The molecule has 0 saturated heterocycles. The van der Waals surface area contributed by atoms with E-state index in [1.807, 2.05) is 42.5 Å². The number of amides is 1. The van der Waals surface area contributed by atoms with Gasteiger partial charge in [-0.3, -0.25) is 4.79 Å². The molecule has 0 N–H and O–H groups in total. The second-order valence-corrected chi connectivity index (χ2v) is 6.33. The molecule has 0 aromatic heterocycles. The molecular formula is C21H20ClNO3. The van der Waals surface area contributed by atoms with Crippen molar-refractivity contribution in [3.05, 3.63) is 71.2 Å². The van der Waals surface area contributed by atoms with Crippen LogP contribution >= 0.6 is 11.6 Å². The van der Waals surface area contributed by atoms with Gasteiger partial charge in [-0.25, -0.2) is 0 Å². The molecule has 26 heavy (non-hydrogen) atoms. The molecule has 1 amide bonds. The lowest BCUT2D eigenvalue weighted by molar-refractivity contribution is 0.0775. The van der Waals surface area contributed by atoms with Crippen molar-refractivity contribution in [2.24, 2.45) is 0 Å². The van der Waals surface area contributed by atoms with E-state index >= 15 is 0 Å². The summed E-state index contributed by atoms with van der Waals surface area (Å²) in [5.74, 6) is 1.39. The van der Waals surface area contributed by atoms with Crippen molar-refractivity contribution in [2.75, 3.05) is 27.3 Å². The predicted octanol–water partition coefficient (Wildman–Crippen LogP) is 4.65. The molecule has 0 bridgehead atoms. The fraction of sp³-hybridized carbons (Fsp3) is 0.190. The van der Waals surface area contributed by atoms with E-state index in [4.69, 9.17) is 21.1 Å². The summed E-state index contributed by atoms with van der Waals surface area (Å²) in [5.41, 5.74) is 0.645. The Morgan fingerprint density at radius 1 is 1.04 bits per heavy atom. The van der Waals surface area contributed by atoms with Gasteiger partial charge in [0, 0.05) is 23.0 Å². The normalized spacial score (nSPS) is 10.6. The quantitative estimate of drug-likeness (QED) is 0.634. The van der Waals surface area contributed by atoms with E-state index in [-0.39, 0.29) is 5.91 Å². The van der Waals surface area contributed by atoms with Gasteiger partial charge in [-0.05, 0) is 35.7 Å². The van der Waals surface area contributed by atoms with Gasteiger partial charge in [0.25, 0.3) is 5.91 Å². The number of fused-ring (bicyclic) bond motifs is 1. The molecule has 0 saturated carbocycles. The fourth-order valence-corrected chi connectivity index (χ4v) is 2.98. The molecule has 134 valence electrons. The topological polar surface area (TPSA) is 38.8 Å². The minimum Gasteiger partial charge on any atom is -0.496 e. The molecule has 0 heterocycles. The number of hydrogen-bond acceptors (Lipinski definition) is 3. The van der Waals surface area contributed by atoms with Gasteiger partial charge >= 0.3 is 0 Å². The molecule has 0 radical (unpaired) electrons. The van der Waals surface area contributed by atoms with Crippen molar-refractivity contribution in [1.82, 2.24) is 4.90 Å². The minimum absolute atomic E-state index is 0.0569. The molecule has 0 aliphatic rings.